The van der Waals surface area contributed by atoms with Crippen LogP contribution in [0.1, 0.15) is 44.2 Å². The zero-order valence-electron chi connectivity index (χ0n) is 18.7. The van der Waals surface area contributed by atoms with Gasteiger partial charge in [-0.15, -0.1) is 0 Å². The van der Waals surface area contributed by atoms with Crippen molar-refractivity contribution >= 4 is 33.4 Å². The minimum absolute atomic E-state index is 0.111. The molecule has 2 atom stereocenters. The number of aliphatic imine (C=N–C) groups is 1. The average Bonchev–Trinajstić information content (AvgIpc) is 3.31. The molecular weight excluding hydrogens is 440 g/mol. The van der Waals surface area contributed by atoms with E-state index < -0.39 is 16.1 Å². The van der Waals surface area contributed by atoms with E-state index in [1.165, 1.54) is 6.07 Å². The Hall–Kier alpha value is -3.20. The molecular formula is C24H28N4O4S. The number of fused-ring (bicyclic) bond motifs is 1. The predicted molar refractivity (Wildman–Crippen MR) is 126 cm³/mol. The first kappa shape index (κ1) is 23.0. The quantitative estimate of drug-likeness (QED) is 0.651. The number of amidine groups is 1. The smallest absolute Gasteiger partial charge is 0.263 e. The van der Waals surface area contributed by atoms with E-state index >= 15 is 0 Å². The molecule has 2 aromatic carbocycles. The van der Waals surface area contributed by atoms with Crippen LogP contribution in [-0.4, -0.2) is 43.6 Å². The van der Waals surface area contributed by atoms with E-state index in [4.69, 9.17) is 0 Å². The molecule has 0 radical (unpaired) electrons. The number of carbonyl (C=O) groups is 2. The summed E-state index contributed by atoms with van der Waals surface area (Å²) in [6, 6.07) is 13.3. The van der Waals surface area contributed by atoms with Crippen molar-refractivity contribution in [3.8, 4) is 0 Å². The van der Waals surface area contributed by atoms with E-state index in [-0.39, 0.29) is 28.5 Å². The molecule has 0 aliphatic carbocycles. The molecule has 2 aliphatic heterocycles. The number of anilines is 1. The second-order valence-electron chi connectivity index (χ2n) is 8.52. The Morgan fingerprint density at radius 1 is 1.21 bits per heavy atom. The molecule has 1 fully saturated rings. The van der Waals surface area contributed by atoms with Crippen LogP contribution >= 0.6 is 0 Å². The number of hydrogen-bond acceptors (Lipinski definition) is 5. The van der Waals surface area contributed by atoms with Gasteiger partial charge in [-0.1, -0.05) is 44.5 Å². The fourth-order valence-electron chi connectivity index (χ4n) is 4.09. The number of nitrogens with one attached hydrogen (secondary N) is 2. The zero-order chi connectivity index (χ0) is 23.6. The minimum Gasteiger partial charge on any atom is -0.338 e. The highest BCUT2D eigenvalue weighted by Gasteiger charge is 2.33. The van der Waals surface area contributed by atoms with Gasteiger partial charge in [0, 0.05) is 30.8 Å². The number of likely N-dealkylation sites (tertiary alicyclic amines) is 1. The summed E-state index contributed by atoms with van der Waals surface area (Å²) >= 11 is 0. The first-order valence-corrected chi connectivity index (χ1v) is 12.6. The van der Waals surface area contributed by atoms with Crippen LogP contribution in [0.3, 0.4) is 0 Å². The fourth-order valence-corrected chi connectivity index (χ4v) is 5.33. The van der Waals surface area contributed by atoms with Crippen LogP contribution in [0, 0.1) is 5.92 Å². The van der Waals surface area contributed by atoms with Gasteiger partial charge < -0.3 is 10.2 Å². The van der Waals surface area contributed by atoms with E-state index in [1.54, 1.807) is 24.3 Å². The summed E-state index contributed by atoms with van der Waals surface area (Å²) < 4.78 is 27.3. The van der Waals surface area contributed by atoms with Gasteiger partial charge in [-0.3, -0.25) is 19.3 Å². The van der Waals surface area contributed by atoms with Gasteiger partial charge in [0.1, 0.15) is 11.9 Å². The Morgan fingerprint density at radius 2 is 2.00 bits per heavy atom. The SMILES string of the molecule is CC[C@H](C)[C@H](N=C1NS(=O)(=O)c2ccccc21)C(=O)Nc1cccc(CN2CCCC2=O)c1. The third-order valence-corrected chi connectivity index (χ3v) is 7.52. The molecule has 2 heterocycles. The zero-order valence-corrected chi connectivity index (χ0v) is 19.6. The number of nitrogens with zero attached hydrogens (tertiary/aromatic N) is 2. The van der Waals surface area contributed by atoms with Gasteiger partial charge in [-0.05, 0) is 42.2 Å². The monoisotopic (exact) mass is 468 g/mol. The summed E-state index contributed by atoms with van der Waals surface area (Å²) in [5.74, 6) is -0.0845. The molecule has 0 bridgehead atoms. The van der Waals surface area contributed by atoms with E-state index in [9.17, 15) is 18.0 Å². The van der Waals surface area contributed by atoms with Crippen molar-refractivity contribution in [2.24, 2.45) is 10.9 Å². The number of carbonyl (C=O) groups excluding carboxylic acids is 2. The Balaban J connectivity index is 1.56. The second-order valence-corrected chi connectivity index (χ2v) is 10.2. The molecule has 2 aromatic rings. The maximum Gasteiger partial charge on any atom is 0.263 e. The lowest BCUT2D eigenvalue weighted by molar-refractivity contribution is -0.128. The molecule has 1 saturated heterocycles. The van der Waals surface area contributed by atoms with Crippen LogP contribution in [-0.2, 0) is 26.2 Å². The lowest BCUT2D eigenvalue weighted by Gasteiger charge is -2.20. The molecule has 0 spiro atoms. The number of rotatable bonds is 7. The highest BCUT2D eigenvalue weighted by Crippen LogP contribution is 2.25. The predicted octanol–water partition coefficient (Wildman–Crippen LogP) is 2.90. The molecule has 0 saturated carbocycles. The standard InChI is InChI=1S/C24H28N4O4S/c1-3-16(2)22(26-23-19-10-4-5-11-20(19)33(31,32)27-23)24(30)25-18-9-6-8-17(14-18)15-28-13-7-12-21(28)29/h4-6,8-11,14,16,22H,3,7,12-13,15H2,1-2H3,(H,25,30)(H,26,27)/t16-,22-/m0/s1. The molecule has 2 N–H and O–H groups in total. The normalized spacial score (nSPS) is 19.8. The van der Waals surface area contributed by atoms with Crippen molar-refractivity contribution < 1.29 is 18.0 Å². The Morgan fingerprint density at radius 3 is 2.73 bits per heavy atom. The van der Waals surface area contributed by atoms with Gasteiger partial charge >= 0.3 is 0 Å². The molecule has 8 nitrogen and oxygen atoms in total. The average molecular weight is 469 g/mol. The minimum atomic E-state index is -3.68. The summed E-state index contributed by atoms with van der Waals surface area (Å²) in [6.45, 7) is 5.14. The molecule has 9 heteroatoms. The molecule has 174 valence electrons. The lowest BCUT2D eigenvalue weighted by Crippen LogP contribution is -2.35. The molecule has 4 rings (SSSR count). The topological polar surface area (TPSA) is 108 Å². The van der Waals surface area contributed by atoms with E-state index in [2.05, 4.69) is 15.0 Å². The van der Waals surface area contributed by atoms with Crippen LogP contribution < -0.4 is 10.0 Å². The molecule has 33 heavy (non-hydrogen) atoms. The van der Waals surface area contributed by atoms with Gasteiger partial charge in [0.15, 0.2) is 0 Å². The first-order chi connectivity index (χ1) is 15.8. The van der Waals surface area contributed by atoms with E-state index in [1.807, 2.05) is 36.9 Å². The van der Waals surface area contributed by atoms with Crippen molar-refractivity contribution in [2.75, 3.05) is 11.9 Å². The highest BCUT2D eigenvalue weighted by atomic mass is 32.2. The van der Waals surface area contributed by atoms with Crippen molar-refractivity contribution in [3.05, 3.63) is 59.7 Å². The van der Waals surface area contributed by atoms with Gasteiger partial charge in [0.2, 0.25) is 11.8 Å². The summed E-state index contributed by atoms with van der Waals surface area (Å²) in [6.07, 6.45) is 2.15. The largest absolute Gasteiger partial charge is 0.338 e. The van der Waals surface area contributed by atoms with Crippen LogP contribution in [0.5, 0.6) is 0 Å². The van der Waals surface area contributed by atoms with E-state index in [0.29, 0.717) is 30.6 Å². The third-order valence-electron chi connectivity index (χ3n) is 6.12. The Bertz CT molecular complexity index is 1210. The number of hydrogen-bond donors (Lipinski definition) is 2. The second kappa shape index (κ2) is 9.35. The van der Waals surface area contributed by atoms with Crippen molar-refractivity contribution in [3.63, 3.8) is 0 Å². The van der Waals surface area contributed by atoms with Crippen molar-refractivity contribution in [1.82, 2.24) is 9.62 Å². The lowest BCUT2D eigenvalue weighted by atomic mass is 9.98. The summed E-state index contributed by atoms with van der Waals surface area (Å²) in [5, 5.41) is 2.93. The van der Waals surface area contributed by atoms with Crippen LogP contribution in [0.4, 0.5) is 5.69 Å². The van der Waals surface area contributed by atoms with Gasteiger partial charge in [0.05, 0.1) is 4.90 Å². The Kier molecular flexibility index (Phi) is 6.51. The van der Waals surface area contributed by atoms with E-state index in [0.717, 1.165) is 18.5 Å². The van der Waals surface area contributed by atoms with Crippen LogP contribution in [0.25, 0.3) is 0 Å². The van der Waals surface area contributed by atoms with Gasteiger partial charge in [-0.25, -0.2) is 8.42 Å². The van der Waals surface area contributed by atoms with Crippen LogP contribution in [0.15, 0.2) is 58.4 Å². The first-order valence-electron chi connectivity index (χ1n) is 11.2. The molecule has 0 aromatic heterocycles. The summed E-state index contributed by atoms with van der Waals surface area (Å²) in [7, 11) is -3.68. The maximum absolute atomic E-state index is 13.2. The molecule has 0 unspecified atom stereocenters. The van der Waals surface area contributed by atoms with Gasteiger partial charge in [-0.2, -0.15) is 0 Å². The fraction of sp³-hybridized carbons (Fsp3) is 0.375. The number of sulfonamides is 1. The Labute approximate surface area is 194 Å². The number of benzene rings is 2. The van der Waals surface area contributed by atoms with Crippen LogP contribution in [0.2, 0.25) is 0 Å². The van der Waals surface area contributed by atoms with Crippen molar-refractivity contribution in [1.29, 1.82) is 0 Å². The third kappa shape index (κ3) is 4.93. The summed E-state index contributed by atoms with van der Waals surface area (Å²) in [4.78, 5) is 31.7. The number of amides is 2. The van der Waals surface area contributed by atoms with Crippen molar-refractivity contribution in [2.45, 2.75) is 50.6 Å². The highest BCUT2D eigenvalue weighted by molar-refractivity contribution is 7.90. The van der Waals surface area contributed by atoms with Gasteiger partial charge in [0.25, 0.3) is 10.0 Å². The molecule has 2 aliphatic rings. The molecule has 2 amide bonds. The summed E-state index contributed by atoms with van der Waals surface area (Å²) in [5.41, 5.74) is 2.02. The maximum atomic E-state index is 13.2.